The van der Waals surface area contributed by atoms with Gasteiger partial charge in [-0.05, 0) is 37.5 Å². The third-order valence-corrected chi connectivity index (χ3v) is 3.96. The molecule has 0 saturated heterocycles. The van der Waals surface area contributed by atoms with Gasteiger partial charge in [-0.3, -0.25) is 4.90 Å². The Bertz CT molecular complexity index is 551. The Morgan fingerprint density at radius 1 is 0.952 bits per heavy atom. The highest BCUT2D eigenvalue weighted by molar-refractivity contribution is 5.25. The summed E-state index contributed by atoms with van der Waals surface area (Å²) >= 11 is 0. The maximum atomic E-state index is 10.4. The maximum Gasteiger partial charge on any atom is 0.0917 e. The third kappa shape index (κ3) is 4.42. The quantitative estimate of drug-likeness (QED) is 0.868. The van der Waals surface area contributed by atoms with Crippen molar-refractivity contribution in [3.05, 3.63) is 71.3 Å². The lowest BCUT2D eigenvalue weighted by Gasteiger charge is -2.29. The van der Waals surface area contributed by atoms with Gasteiger partial charge < -0.3 is 5.11 Å². The van der Waals surface area contributed by atoms with Crippen molar-refractivity contribution in [1.29, 1.82) is 0 Å². The molecule has 2 aromatic carbocycles. The van der Waals surface area contributed by atoms with Crippen molar-refractivity contribution in [2.24, 2.45) is 0 Å². The fourth-order valence-electron chi connectivity index (χ4n) is 2.47. The van der Waals surface area contributed by atoms with E-state index < -0.39 is 6.10 Å². The van der Waals surface area contributed by atoms with E-state index >= 15 is 0 Å². The lowest BCUT2D eigenvalue weighted by Crippen LogP contribution is -2.34. The van der Waals surface area contributed by atoms with Crippen LogP contribution in [0.25, 0.3) is 0 Å². The van der Waals surface area contributed by atoms with Crippen LogP contribution < -0.4 is 0 Å². The smallest absolute Gasteiger partial charge is 0.0917 e. The van der Waals surface area contributed by atoms with Gasteiger partial charge in [-0.25, -0.2) is 0 Å². The predicted molar refractivity (Wildman–Crippen MR) is 88.1 cm³/mol. The molecule has 0 amide bonds. The first-order valence-corrected chi connectivity index (χ1v) is 7.59. The molecule has 0 aromatic heterocycles. The zero-order chi connectivity index (χ0) is 15.2. The lowest BCUT2D eigenvalue weighted by molar-refractivity contribution is 0.0907. The molecule has 2 heteroatoms. The number of aryl methyl sites for hydroxylation is 1. The molecule has 0 aliphatic rings. The van der Waals surface area contributed by atoms with Gasteiger partial charge in [-0.2, -0.15) is 0 Å². The average molecular weight is 283 g/mol. The Morgan fingerprint density at radius 2 is 1.57 bits per heavy atom. The molecule has 112 valence electrons. The van der Waals surface area contributed by atoms with Crippen LogP contribution in [-0.4, -0.2) is 22.6 Å². The van der Waals surface area contributed by atoms with Crippen LogP contribution in [0.5, 0.6) is 0 Å². The van der Waals surface area contributed by atoms with Gasteiger partial charge in [0.25, 0.3) is 0 Å². The first-order valence-electron chi connectivity index (χ1n) is 7.59. The Kier molecular flexibility index (Phi) is 5.54. The fourth-order valence-corrected chi connectivity index (χ4v) is 2.47. The highest BCUT2D eigenvalue weighted by Crippen LogP contribution is 2.18. The molecule has 2 rings (SSSR count). The largest absolute Gasteiger partial charge is 0.387 e. The van der Waals surface area contributed by atoms with Gasteiger partial charge in [0, 0.05) is 19.1 Å². The summed E-state index contributed by atoms with van der Waals surface area (Å²) in [6.07, 6.45) is -0.447. The van der Waals surface area contributed by atoms with E-state index in [-0.39, 0.29) is 0 Å². The van der Waals surface area contributed by atoms with Crippen molar-refractivity contribution in [3.8, 4) is 0 Å². The first-order chi connectivity index (χ1) is 10.1. The Morgan fingerprint density at radius 3 is 2.19 bits per heavy atom. The second kappa shape index (κ2) is 7.39. The highest BCUT2D eigenvalue weighted by Gasteiger charge is 2.17. The van der Waals surface area contributed by atoms with Crippen LogP contribution in [0.1, 0.15) is 36.6 Å². The van der Waals surface area contributed by atoms with Crippen LogP contribution in [0.15, 0.2) is 54.6 Å². The summed E-state index contributed by atoms with van der Waals surface area (Å²) in [5.41, 5.74) is 3.61. The second-order valence-corrected chi connectivity index (χ2v) is 5.88. The van der Waals surface area contributed by atoms with E-state index in [1.165, 1.54) is 11.1 Å². The minimum Gasteiger partial charge on any atom is -0.387 e. The van der Waals surface area contributed by atoms with Crippen LogP contribution in [0.3, 0.4) is 0 Å². The molecule has 0 saturated carbocycles. The topological polar surface area (TPSA) is 23.5 Å². The van der Waals surface area contributed by atoms with E-state index in [9.17, 15) is 5.11 Å². The molecule has 0 spiro atoms. The average Bonchev–Trinajstić information content (AvgIpc) is 2.49. The zero-order valence-electron chi connectivity index (χ0n) is 13.2. The van der Waals surface area contributed by atoms with Crippen molar-refractivity contribution >= 4 is 0 Å². The molecule has 21 heavy (non-hydrogen) atoms. The number of hydrogen-bond donors (Lipinski definition) is 1. The summed E-state index contributed by atoms with van der Waals surface area (Å²) in [7, 11) is 0. The van der Waals surface area contributed by atoms with E-state index in [1.54, 1.807) is 0 Å². The number of hydrogen-bond acceptors (Lipinski definition) is 2. The monoisotopic (exact) mass is 283 g/mol. The van der Waals surface area contributed by atoms with Gasteiger partial charge in [-0.15, -0.1) is 0 Å². The first kappa shape index (κ1) is 15.7. The summed E-state index contributed by atoms with van der Waals surface area (Å²) in [6.45, 7) is 8.01. The van der Waals surface area contributed by atoms with Crippen molar-refractivity contribution in [3.63, 3.8) is 0 Å². The van der Waals surface area contributed by atoms with E-state index in [0.717, 1.165) is 12.1 Å². The van der Waals surface area contributed by atoms with E-state index in [1.807, 2.05) is 30.3 Å². The molecule has 0 fully saturated rings. The third-order valence-electron chi connectivity index (χ3n) is 3.96. The molecule has 0 aliphatic carbocycles. The molecule has 1 atom stereocenters. The Labute approximate surface area is 128 Å². The van der Waals surface area contributed by atoms with E-state index in [2.05, 4.69) is 49.9 Å². The molecular formula is C19H25NO. The fraction of sp³-hybridized carbons (Fsp3) is 0.368. The number of nitrogens with zero attached hydrogens (tertiary/aromatic N) is 1. The Hall–Kier alpha value is -1.64. The maximum absolute atomic E-state index is 10.4. The van der Waals surface area contributed by atoms with Gasteiger partial charge in [0.2, 0.25) is 0 Å². The van der Waals surface area contributed by atoms with E-state index in [0.29, 0.717) is 12.6 Å². The van der Waals surface area contributed by atoms with Gasteiger partial charge in [0.05, 0.1) is 6.10 Å². The van der Waals surface area contributed by atoms with Crippen LogP contribution in [0.4, 0.5) is 0 Å². The van der Waals surface area contributed by atoms with E-state index in [4.69, 9.17) is 0 Å². The van der Waals surface area contributed by atoms with Crippen LogP contribution in [0, 0.1) is 6.92 Å². The number of benzene rings is 2. The number of rotatable bonds is 6. The summed E-state index contributed by atoms with van der Waals surface area (Å²) in [5.74, 6) is 0. The molecule has 2 aromatic rings. The van der Waals surface area contributed by atoms with Gasteiger partial charge in [0.1, 0.15) is 0 Å². The van der Waals surface area contributed by atoms with Crippen molar-refractivity contribution in [1.82, 2.24) is 4.90 Å². The Balaban J connectivity index is 2.08. The predicted octanol–water partition coefficient (Wildman–Crippen LogP) is 3.94. The minimum atomic E-state index is -0.447. The summed E-state index contributed by atoms with van der Waals surface area (Å²) in [4.78, 5) is 2.32. The number of aliphatic hydroxyl groups excluding tert-OH is 1. The minimum absolute atomic E-state index is 0.392. The van der Waals surface area contributed by atoms with Crippen molar-refractivity contribution < 1.29 is 5.11 Å². The molecule has 0 unspecified atom stereocenters. The highest BCUT2D eigenvalue weighted by atomic mass is 16.3. The summed E-state index contributed by atoms with van der Waals surface area (Å²) in [6, 6.07) is 18.7. The summed E-state index contributed by atoms with van der Waals surface area (Å²) < 4.78 is 0. The SMILES string of the molecule is Cc1ccccc1CN(C[C@@H](O)c1ccccc1)C(C)C. The zero-order valence-corrected chi connectivity index (χ0v) is 13.2. The molecule has 0 heterocycles. The van der Waals surface area contributed by atoms with Crippen LogP contribution >= 0.6 is 0 Å². The standard InChI is InChI=1S/C19H25NO/c1-15(2)20(13-18-12-8-7-9-16(18)3)14-19(21)17-10-5-4-6-11-17/h4-12,15,19,21H,13-14H2,1-3H3/t19-/m1/s1. The van der Waals surface area contributed by atoms with Crippen LogP contribution in [0.2, 0.25) is 0 Å². The second-order valence-electron chi connectivity index (χ2n) is 5.88. The number of aliphatic hydroxyl groups is 1. The lowest BCUT2D eigenvalue weighted by atomic mass is 10.1. The molecule has 0 bridgehead atoms. The molecule has 0 aliphatic heterocycles. The normalized spacial score (nSPS) is 12.9. The molecule has 1 N–H and O–H groups in total. The van der Waals surface area contributed by atoms with Gasteiger partial charge in [0.15, 0.2) is 0 Å². The van der Waals surface area contributed by atoms with Gasteiger partial charge >= 0.3 is 0 Å². The summed E-state index contributed by atoms with van der Waals surface area (Å²) in [5, 5.41) is 10.4. The molecular weight excluding hydrogens is 258 g/mol. The van der Waals surface area contributed by atoms with Crippen molar-refractivity contribution in [2.45, 2.75) is 39.5 Å². The molecule has 2 nitrogen and oxygen atoms in total. The van der Waals surface area contributed by atoms with Crippen LogP contribution in [-0.2, 0) is 6.54 Å². The van der Waals surface area contributed by atoms with Gasteiger partial charge in [-0.1, -0.05) is 54.6 Å². The molecule has 0 radical (unpaired) electrons. The van der Waals surface area contributed by atoms with Crippen molar-refractivity contribution in [2.75, 3.05) is 6.54 Å².